The second-order valence-corrected chi connectivity index (χ2v) is 10.4. The Bertz CT molecular complexity index is 1490. The van der Waals surface area contributed by atoms with Gasteiger partial charge >= 0.3 is 13.5 Å². The van der Waals surface area contributed by atoms with Crippen LogP contribution in [0, 0.1) is 6.92 Å². The number of nitrogens with zero attached hydrogens (tertiary/aromatic N) is 6. The lowest BCUT2D eigenvalue weighted by Crippen LogP contribution is -2.28. The van der Waals surface area contributed by atoms with Crippen LogP contribution >= 0.6 is 7.82 Å². The number of aryl methyl sites for hydroxylation is 1. The van der Waals surface area contributed by atoms with Gasteiger partial charge in [-0.1, -0.05) is 6.92 Å². The van der Waals surface area contributed by atoms with Crippen LogP contribution in [0.25, 0.3) is 11.2 Å². The third-order valence-corrected chi connectivity index (χ3v) is 7.39. The van der Waals surface area contributed by atoms with Crippen molar-refractivity contribution >= 4 is 24.9 Å². The van der Waals surface area contributed by atoms with Crippen molar-refractivity contribution in [2.24, 2.45) is 0 Å². The number of phosphoric acid groups is 1. The summed E-state index contributed by atoms with van der Waals surface area (Å²) >= 11 is 0. The average Bonchev–Trinajstić information content (AvgIpc) is 3.54. The quantitative estimate of drug-likeness (QED) is 0.257. The highest BCUT2D eigenvalue weighted by Gasteiger charge is 2.43. The molecule has 0 spiro atoms. The Balaban J connectivity index is 1.22. The highest BCUT2D eigenvalue weighted by molar-refractivity contribution is 7.47. The summed E-state index contributed by atoms with van der Waals surface area (Å²) in [6.45, 7) is 2.96. The van der Waals surface area contributed by atoms with Gasteiger partial charge in [-0.3, -0.25) is 23.0 Å². The fourth-order valence-electron chi connectivity index (χ4n) is 4.55. The summed E-state index contributed by atoms with van der Waals surface area (Å²) in [5, 5.41) is 10.5. The van der Waals surface area contributed by atoms with Crippen molar-refractivity contribution in [3.8, 4) is 0 Å². The smallest absolute Gasteiger partial charge is 0.390 e. The number of imidazole rings is 1. The van der Waals surface area contributed by atoms with Crippen LogP contribution in [0.4, 0.5) is 5.95 Å². The van der Waals surface area contributed by atoms with Crippen LogP contribution < -0.4 is 17.0 Å². The van der Waals surface area contributed by atoms with Gasteiger partial charge in [-0.2, -0.15) is 4.98 Å². The van der Waals surface area contributed by atoms with E-state index in [1.165, 1.54) is 17.2 Å². The number of fused-ring (bicyclic) bond motifs is 1. The van der Waals surface area contributed by atoms with Crippen LogP contribution in [-0.2, 0) is 23.1 Å². The van der Waals surface area contributed by atoms with E-state index >= 15 is 0 Å². The van der Waals surface area contributed by atoms with Crippen molar-refractivity contribution < 1.29 is 33.1 Å². The molecule has 0 amide bonds. The monoisotopic (exact) mass is 554 g/mol. The Morgan fingerprint density at radius 1 is 1.16 bits per heavy atom. The molecular formula is C20H27N8O9P. The van der Waals surface area contributed by atoms with Crippen molar-refractivity contribution in [3.05, 3.63) is 39.3 Å². The van der Waals surface area contributed by atoms with Crippen LogP contribution in [0.2, 0.25) is 0 Å². The molecule has 7 atom stereocenters. The molecule has 0 bridgehead atoms. The average molecular weight is 554 g/mol. The lowest BCUT2D eigenvalue weighted by Gasteiger charge is -2.22. The maximum Gasteiger partial charge on any atom is 0.472 e. The summed E-state index contributed by atoms with van der Waals surface area (Å²) in [6.07, 6.45) is -1.90. The lowest BCUT2D eigenvalue weighted by molar-refractivity contribution is -0.0494. The molecule has 5 rings (SSSR count). The van der Waals surface area contributed by atoms with E-state index in [0.717, 1.165) is 4.57 Å². The second-order valence-electron chi connectivity index (χ2n) is 8.99. The Hall–Kier alpha value is -3.05. The molecule has 2 saturated heterocycles. The third kappa shape index (κ3) is 5.26. The van der Waals surface area contributed by atoms with Gasteiger partial charge < -0.3 is 30.2 Å². The molecular weight excluding hydrogens is 527 g/mol. The molecule has 206 valence electrons. The minimum Gasteiger partial charge on any atom is -0.390 e. The van der Waals surface area contributed by atoms with Crippen LogP contribution in [-0.4, -0.2) is 75.1 Å². The Morgan fingerprint density at radius 2 is 1.87 bits per heavy atom. The normalized spacial score (nSPS) is 29.2. The highest BCUT2D eigenvalue weighted by atomic mass is 31.2. The number of nitrogens with one attached hydrogen (secondary N) is 1. The SMILES string of the molecule is CC[C@H]1O[C@@H](n2cnc(N)nc2=O)C[C@H]1OP(=O)(O)OC[C@H]1O[C@@H](n2cnc3c(=O)[nH]c(C)nc32)C[C@H]1O. The summed E-state index contributed by atoms with van der Waals surface area (Å²) < 4.78 is 37.6. The minimum absolute atomic E-state index is 0.0590. The van der Waals surface area contributed by atoms with Crippen molar-refractivity contribution in [3.63, 3.8) is 0 Å². The number of rotatable bonds is 8. The minimum atomic E-state index is -4.63. The lowest BCUT2D eigenvalue weighted by atomic mass is 10.1. The molecule has 1 unspecified atom stereocenters. The third-order valence-electron chi connectivity index (χ3n) is 6.37. The van der Waals surface area contributed by atoms with E-state index in [0.29, 0.717) is 12.2 Å². The molecule has 17 nitrogen and oxygen atoms in total. The molecule has 0 radical (unpaired) electrons. The van der Waals surface area contributed by atoms with Gasteiger partial charge in [0.05, 0.1) is 31.2 Å². The summed E-state index contributed by atoms with van der Waals surface area (Å²) in [7, 11) is -4.63. The van der Waals surface area contributed by atoms with E-state index in [-0.39, 0.29) is 30.0 Å². The van der Waals surface area contributed by atoms with E-state index < -0.39 is 62.6 Å². The van der Waals surface area contributed by atoms with Gasteiger partial charge in [-0.25, -0.2) is 24.3 Å². The highest BCUT2D eigenvalue weighted by Crippen LogP contribution is 2.49. The number of phosphoric ester groups is 1. The van der Waals surface area contributed by atoms with Crippen LogP contribution in [0.5, 0.6) is 0 Å². The van der Waals surface area contributed by atoms with Crippen LogP contribution in [0.15, 0.2) is 22.2 Å². The molecule has 5 heterocycles. The Kier molecular flexibility index (Phi) is 7.17. The molecule has 2 aliphatic heterocycles. The molecule has 3 aromatic heterocycles. The Labute approximate surface area is 214 Å². The van der Waals surface area contributed by atoms with Gasteiger partial charge in [0.1, 0.15) is 30.7 Å². The van der Waals surface area contributed by atoms with E-state index in [1.807, 2.05) is 0 Å². The van der Waals surface area contributed by atoms with Crippen molar-refractivity contribution in [1.29, 1.82) is 0 Å². The number of nitrogen functional groups attached to an aromatic ring is 1. The first-order valence-electron chi connectivity index (χ1n) is 11.8. The van der Waals surface area contributed by atoms with Crippen molar-refractivity contribution in [2.45, 2.75) is 70.0 Å². The largest absolute Gasteiger partial charge is 0.472 e. The van der Waals surface area contributed by atoms with Gasteiger partial charge in [-0.15, -0.1) is 0 Å². The van der Waals surface area contributed by atoms with Gasteiger partial charge in [0.2, 0.25) is 5.95 Å². The molecule has 38 heavy (non-hydrogen) atoms. The number of aromatic amines is 1. The first kappa shape index (κ1) is 26.6. The molecule has 18 heteroatoms. The first-order chi connectivity index (χ1) is 18.0. The summed E-state index contributed by atoms with van der Waals surface area (Å²) in [6, 6.07) is 0. The van der Waals surface area contributed by atoms with E-state index in [9.17, 15) is 24.2 Å². The van der Waals surface area contributed by atoms with Gasteiger partial charge in [0.25, 0.3) is 5.56 Å². The number of aliphatic hydroxyl groups excluding tert-OH is 1. The number of nitrogens with two attached hydrogens (primary N) is 1. The first-order valence-corrected chi connectivity index (χ1v) is 13.3. The number of anilines is 1. The predicted molar refractivity (Wildman–Crippen MR) is 128 cm³/mol. The zero-order valence-electron chi connectivity index (χ0n) is 20.4. The summed E-state index contributed by atoms with van der Waals surface area (Å²) in [4.78, 5) is 52.9. The zero-order valence-corrected chi connectivity index (χ0v) is 21.3. The second kappa shape index (κ2) is 10.3. The van der Waals surface area contributed by atoms with Crippen molar-refractivity contribution in [1.82, 2.24) is 34.1 Å². The molecule has 2 aliphatic rings. The Morgan fingerprint density at radius 3 is 2.61 bits per heavy atom. The number of H-pyrrole nitrogens is 1. The van der Waals surface area contributed by atoms with Crippen LogP contribution in [0.3, 0.4) is 0 Å². The fraction of sp³-hybridized carbons (Fsp3) is 0.600. The molecule has 2 fully saturated rings. The molecule has 3 aromatic rings. The number of hydrogen-bond donors (Lipinski definition) is 4. The summed E-state index contributed by atoms with van der Waals surface area (Å²) in [5.41, 5.74) is 4.75. The van der Waals surface area contributed by atoms with E-state index in [4.69, 9.17) is 24.3 Å². The number of aromatic nitrogens is 7. The molecule has 5 N–H and O–H groups in total. The fourth-order valence-corrected chi connectivity index (χ4v) is 5.51. The summed E-state index contributed by atoms with van der Waals surface area (Å²) in [5.74, 6) is 0.204. The van der Waals surface area contributed by atoms with Gasteiger partial charge in [0.15, 0.2) is 11.2 Å². The molecule has 0 saturated carbocycles. The zero-order chi connectivity index (χ0) is 27.2. The number of hydrogen-bond acceptors (Lipinski definition) is 13. The van der Waals surface area contributed by atoms with Gasteiger partial charge in [-0.05, 0) is 13.3 Å². The van der Waals surface area contributed by atoms with E-state index in [2.05, 4.69) is 24.9 Å². The standard InChI is InChI=1S/C20H27N8O9P/c1-3-11-12(5-15(35-11)28-8-23-19(21)26-20(28)31)37-38(32,33)34-6-13-10(29)4-14(36-13)27-7-22-16-17(27)24-9(2)25-18(16)30/h7-8,10-15,29H,3-6H2,1-2H3,(H,32,33)(H2,21,26,31)(H,24,25,30)/t10-,11-,12-,13-,14-,15-/m1/s1. The maximum absolute atomic E-state index is 12.8. The van der Waals surface area contributed by atoms with Gasteiger partial charge in [0, 0.05) is 12.8 Å². The number of ether oxygens (including phenoxy) is 2. The van der Waals surface area contributed by atoms with E-state index in [1.54, 1.807) is 13.8 Å². The molecule has 0 aliphatic carbocycles. The molecule has 0 aromatic carbocycles. The van der Waals surface area contributed by atoms with Crippen molar-refractivity contribution in [2.75, 3.05) is 12.3 Å². The topological polar surface area (TPSA) is 232 Å². The maximum atomic E-state index is 12.8. The predicted octanol–water partition coefficient (Wildman–Crippen LogP) is -0.490. The number of aliphatic hydroxyl groups is 1. The van der Waals surface area contributed by atoms with Crippen LogP contribution in [0.1, 0.15) is 44.5 Å².